The van der Waals surface area contributed by atoms with Crippen molar-refractivity contribution >= 4 is 17.4 Å². The maximum Gasteiger partial charge on any atom is 0.295 e. The molecule has 0 aromatic heterocycles. The SMILES string of the molecule is C[C@H]1Cc2cc(/C(O)=C3\C(=O)C(=O)N(CCCN(C)C)[C@H]3c3cccc(O)c3)ccc2O1. The number of carbonyl (C=O) groups is 2. The van der Waals surface area contributed by atoms with Gasteiger partial charge in [-0.15, -0.1) is 0 Å². The summed E-state index contributed by atoms with van der Waals surface area (Å²) in [6, 6.07) is 11.0. The Labute approximate surface area is 187 Å². The van der Waals surface area contributed by atoms with Crippen LogP contribution in [0.15, 0.2) is 48.0 Å². The van der Waals surface area contributed by atoms with E-state index in [0.717, 1.165) is 17.9 Å². The summed E-state index contributed by atoms with van der Waals surface area (Å²) in [5, 5.41) is 21.2. The van der Waals surface area contributed by atoms with E-state index in [4.69, 9.17) is 4.74 Å². The van der Waals surface area contributed by atoms with E-state index in [2.05, 4.69) is 0 Å². The zero-order valence-electron chi connectivity index (χ0n) is 18.5. The number of rotatable bonds is 6. The number of hydrogen-bond acceptors (Lipinski definition) is 6. The van der Waals surface area contributed by atoms with Crippen molar-refractivity contribution in [3.8, 4) is 11.5 Å². The Morgan fingerprint density at radius 3 is 2.69 bits per heavy atom. The molecule has 7 nitrogen and oxygen atoms in total. The van der Waals surface area contributed by atoms with Crippen LogP contribution in [0.1, 0.15) is 36.1 Å². The van der Waals surface area contributed by atoms with Crippen LogP contribution in [-0.2, 0) is 16.0 Å². The molecule has 0 saturated carbocycles. The Hall–Kier alpha value is -3.32. The minimum Gasteiger partial charge on any atom is -0.508 e. The normalized spacial score (nSPS) is 21.8. The monoisotopic (exact) mass is 436 g/mol. The lowest BCUT2D eigenvalue weighted by Crippen LogP contribution is -2.32. The van der Waals surface area contributed by atoms with Crippen LogP contribution in [0.5, 0.6) is 11.5 Å². The van der Waals surface area contributed by atoms with Crippen molar-refractivity contribution in [3.63, 3.8) is 0 Å². The van der Waals surface area contributed by atoms with Gasteiger partial charge in [0.05, 0.1) is 11.6 Å². The van der Waals surface area contributed by atoms with Crippen molar-refractivity contribution in [2.24, 2.45) is 0 Å². The summed E-state index contributed by atoms with van der Waals surface area (Å²) in [4.78, 5) is 29.5. The molecule has 1 saturated heterocycles. The predicted molar refractivity (Wildman–Crippen MR) is 121 cm³/mol. The molecule has 2 atom stereocenters. The molecular weight excluding hydrogens is 408 g/mol. The fourth-order valence-corrected chi connectivity index (χ4v) is 4.43. The van der Waals surface area contributed by atoms with Crippen molar-refractivity contribution in [2.45, 2.75) is 31.9 Å². The minimum atomic E-state index is -0.771. The molecule has 0 radical (unpaired) electrons. The zero-order valence-corrected chi connectivity index (χ0v) is 18.5. The summed E-state index contributed by atoms with van der Waals surface area (Å²) in [5.74, 6) is -0.774. The third-order valence-electron chi connectivity index (χ3n) is 5.90. The summed E-state index contributed by atoms with van der Waals surface area (Å²) in [6.07, 6.45) is 1.44. The van der Waals surface area contributed by atoms with Crippen LogP contribution in [0.2, 0.25) is 0 Å². The number of phenols is 1. The number of ether oxygens (including phenoxy) is 1. The number of likely N-dealkylation sites (tertiary alicyclic amines) is 1. The standard InChI is InChI=1S/C25H28N2O5/c1-15-12-18-13-17(8-9-20(18)32-15)23(29)21-22(16-6-4-7-19(28)14-16)27(25(31)24(21)30)11-5-10-26(2)3/h4,6-9,13-15,22,28-29H,5,10-12H2,1-3H3/b23-21+/t15-,22-/m0/s1. The first-order valence-electron chi connectivity index (χ1n) is 10.8. The van der Waals surface area contributed by atoms with Crippen LogP contribution >= 0.6 is 0 Å². The lowest BCUT2D eigenvalue weighted by molar-refractivity contribution is -0.139. The summed E-state index contributed by atoms with van der Waals surface area (Å²) in [5.41, 5.74) is 2.04. The highest BCUT2D eigenvalue weighted by Gasteiger charge is 2.46. The molecule has 2 aliphatic heterocycles. The van der Waals surface area contributed by atoms with Gasteiger partial charge < -0.3 is 24.7 Å². The third-order valence-corrected chi connectivity index (χ3v) is 5.90. The Morgan fingerprint density at radius 1 is 1.19 bits per heavy atom. The molecule has 4 rings (SSSR count). The van der Waals surface area contributed by atoms with Crippen LogP contribution in [-0.4, -0.2) is 65.0 Å². The van der Waals surface area contributed by atoms with E-state index in [9.17, 15) is 19.8 Å². The number of Topliss-reactive ketones (excluding diaryl/α,β-unsaturated/α-hetero) is 1. The molecule has 2 aromatic rings. The largest absolute Gasteiger partial charge is 0.508 e. The van der Waals surface area contributed by atoms with Crippen molar-refractivity contribution in [1.29, 1.82) is 0 Å². The molecule has 1 fully saturated rings. The molecule has 0 aliphatic carbocycles. The van der Waals surface area contributed by atoms with Crippen LogP contribution in [0.25, 0.3) is 5.76 Å². The number of hydrogen-bond donors (Lipinski definition) is 2. The zero-order chi connectivity index (χ0) is 23.0. The molecule has 0 bridgehead atoms. The van der Waals surface area contributed by atoms with Gasteiger partial charge in [0.2, 0.25) is 0 Å². The van der Waals surface area contributed by atoms with Gasteiger partial charge in [-0.1, -0.05) is 12.1 Å². The van der Waals surface area contributed by atoms with Gasteiger partial charge in [0, 0.05) is 18.5 Å². The average Bonchev–Trinajstić information content (AvgIpc) is 3.24. The number of nitrogens with zero attached hydrogens (tertiary/aromatic N) is 2. The predicted octanol–water partition coefficient (Wildman–Crippen LogP) is 3.09. The topological polar surface area (TPSA) is 90.3 Å². The number of phenolic OH excluding ortho intramolecular Hbond substituents is 1. The van der Waals surface area contributed by atoms with Crippen LogP contribution in [0, 0.1) is 0 Å². The summed E-state index contributed by atoms with van der Waals surface area (Å²) >= 11 is 0. The highest BCUT2D eigenvalue weighted by Crippen LogP contribution is 2.41. The fraction of sp³-hybridized carbons (Fsp3) is 0.360. The average molecular weight is 437 g/mol. The van der Waals surface area contributed by atoms with E-state index in [1.165, 1.54) is 17.0 Å². The number of fused-ring (bicyclic) bond motifs is 1. The fourth-order valence-electron chi connectivity index (χ4n) is 4.43. The molecule has 0 spiro atoms. The first kappa shape index (κ1) is 21.9. The number of carbonyl (C=O) groups excluding carboxylic acids is 2. The number of aliphatic hydroxyl groups is 1. The van der Waals surface area contributed by atoms with E-state index in [1.807, 2.05) is 32.0 Å². The van der Waals surface area contributed by atoms with Crippen molar-refractivity contribution < 1.29 is 24.5 Å². The van der Waals surface area contributed by atoms with E-state index < -0.39 is 17.7 Å². The van der Waals surface area contributed by atoms with Gasteiger partial charge in [-0.3, -0.25) is 9.59 Å². The Bertz CT molecular complexity index is 1090. The van der Waals surface area contributed by atoms with Crippen molar-refractivity contribution in [3.05, 3.63) is 64.7 Å². The van der Waals surface area contributed by atoms with Crippen LogP contribution in [0.4, 0.5) is 0 Å². The van der Waals surface area contributed by atoms with E-state index in [0.29, 0.717) is 30.5 Å². The lowest BCUT2D eigenvalue weighted by atomic mass is 9.94. The first-order chi connectivity index (χ1) is 15.3. The minimum absolute atomic E-state index is 0.0325. The second kappa shape index (κ2) is 8.67. The molecule has 1 amide bonds. The van der Waals surface area contributed by atoms with Crippen LogP contribution in [0.3, 0.4) is 0 Å². The second-order valence-electron chi connectivity index (χ2n) is 8.70. The van der Waals surface area contributed by atoms with E-state index in [1.54, 1.807) is 24.3 Å². The van der Waals surface area contributed by atoms with Gasteiger partial charge in [-0.2, -0.15) is 0 Å². The summed E-state index contributed by atoms with van der Waals surface area (Å²) < 4.78 is 5.73. The molecule has 2 heterocycles. The van der Waals surface area contributed by atoms with Crippen molar-refractivity contribution in [1.82, 2.24) is 9.80 Å². The maximum absolute atomic E-state index is 13.1. The van der Waals surface area contributed by atoms with E-state index >= 15 is 0 Å². The third kappa shape index (κ3) is 4.08. The molecule has 2 aromatic carbocycles. The number of ketones is 1. The van der Waals surface area contributed by atoms with E-state index in [-0.39, 0.29) is 23.2 Å². The highest BCUT2D eigenvalue weighted by molar-refractivity contribution is 6.46. The molecule has 168 valence electrons. The molecule has 2 aliphatic rings. The molecular formula is C25H28N2O5. The first-order valence-corrected chi connectivity index (χ1v) is 10.8. The van der Waals surface area contributed by atoms with Gasteiger partial charge in [0.15, 0.2) is 0 Å². The van der Waals surface area contributed by atoms with Gasteiger partial charge >= 0.3 is 0 Å². The van der Waals surface area contributed by atoms with Gasteiger partial charge in [0.1, 0.15) is 23.4 Å². The number of benzene rings is 2. The quantitative estimate of drug-likeness (QED) is 0.411. The Morgan fingerprint density at radius 2 is 1.97 bits per heavy atom. The molecule has 2 N–H and O–H groups in total. The lowest BCUT2D eigenvalue weighted by Gasteiger charge is -2.26. The Balaban J connectivity index is 1.78. The Kier molecular flexibility index (Phi) is 5.93. The maximum atomic E-state index is 13.1. The highest BCUT2D eigenvalue weighted by atomic mass is 16.5. The molecule has 7 heteroatoms. The second-order valence-corrected chi connectivity index (χ2v) is 8.70. The number of aromatic hydroxyl groups is 1. The smallest absolute Gasteiger partial charge is 0.295 e. The van der Waals surface area contributed by atoms with Gasteiger partial charge in [-0.05, 0) is 75.4 Å². The summed E-state index contributed by atoms with van der Waals surface area (Å²) in [6.45, 7) is 3.08. The molecule has 32 heavy (non-hydrogen) atoms. The van der Waals surface area contributed by atoms with Crippen LogP contribution < -0.4 is 4.74 Å². The number of amides is 1. The van der Waals surface area contributed by atoms with Gasteiger partial charge in [0.25, 0.3) is 11.7 Å². The summed E-state index contributed by atoms with van der Waals surface area (Å²) in [7, 11) is 3.89. The number of aliphatic hydroxyl groups excluding tert-OH is 1. The molecule has 0 unspecified atom stereocenters. The van der Waals surface area contributed by atoms with Gasteiger partial charge in [-0.25, -0.2) is 0 Å². The van der Waals surface area contributed by atoms with Crippen molar-refractivity contribution in [2.75, 3.05) is 27.2 Å².